The molecule has 1 amide bonds. The first-order chi connectivity index (χ1) is 10.8. The molecular formula is C17H26N4O. The number of rotatable bonds is 4. The molecule has 0 radical (unpaired) electrons. The summed E-state index contributed by atoms with van der Waals surface area (Å²) < 4.78 is 0. The summed E-state index contributed by atoms with van der Waals surface area (Å²) in [7, 11) is 0. The van der Waals surface area contributed by atoms with Gasteiger partial charge >= 0.3 is 0 Å². The highest BCUT2D eigenvalue weighted by atomic mass is 16.2. The number of nitrogens with one attached hydrogen (secondary N) is 2. The van der Waals surface area contributed by atoms with Crippen molar-refractivity contribution in [2.45, 2.75) is 50.7 Å². The van der Waals surface area contributed by atoms with Crippen LogP contribution in [0.25, 0.3) is 0 Å². The second-order valence-corrected chi connectivity index (χ2v) is 6.38. The minimum absolute atomic E-state index is 0.0281. The molecular weight excluding hydrogens is 276 g/mol. The summed E-state index contributed by atoms with van der Waals surface area (Å²) in [6, 6.07) is 6.41. The Morgan fingerprint density at radius 1 is 1.27 bits per heavy atom. The average Bonchev–Trinajstić information content (AvgIpc) is 2.58. The molecule has 3 rings (SSSR count). The van der Waals surface area contributed by atoms with Gasteiger partial charge in [-0.05, 0) is 44.4 Å². The summed E-state index contributed by atoms with van der Waals surface area (Å²) in [5, 5.41) is 6.55. The topological polar surface area (TPSA) is 57.3 Å². The molecule has 22 heavy (non-hydrogen) atoms. The monoisotopic (exact) mass is 302 g/mol. The fourth-order valence-corrected chi connectivity index (χ4v) is 3.33. The Kier molecular flexibility index (Phi) is 5.40. The Bertz CT molecular complexity index is 465. The van der Waals surface area contributed by atoms with Crippen LogP contribution in [0.5, 0.6) is 0 Å². The lowest BCUT2D eigenvalue weighted by Crippen LogP contribution is -2.52. The van der Waals surface area contributed by atoms with Crippen LogP contribution in [0.4, 0.5) is 0 Å². The molecule has 2 aliphatic heterocycles. The van der Waals surface area contributed by atoms with Gasteiger partial charge in [0.15, 0.2) is 0 Å². The number of aromatic nitrogens is 1. The number of carbonyl (C=O) groups excluding carboxylic acids is 1. The Labute approximate surface area is 132 Å². The van der Waals surface area contributed by atoms with Crippen molar-refractivity contribution in [2.75, 3.05) is 19.6 Å². The van der Waals surface area contributed by atoms with E-state index in [2.05, 4.69) is 26.6 Å². The van der Waals surface area contributed by atoms with E-state index in [1.54, 1.807) is 0 Å². The maximum atomic E-state index is 12.2. The molecule has 2 saturated heterocycles. The molecule has 0 aliphatic carbocycles. The number of carbonyl (C=O) groups is 1. The molecule has 5 nitrogen and oxygen atoms in total. The van der Waals surface area contributed by atoms with Crippen LogP contribution in [0.2, 0.25) is 0 Å². The van der Waals surface area contributed by atoms with E-state index in [1.807, 2.05) is 18.3 Å². The van der Waals surface area contributed by atoms with Crippen molar-refractivity contribution >= 4 is 5.91 Å². The number of piperidine rings is 2. The first kappa shape index (κ1) is 15.4. The van der Waals surface area contributed by atoms with Gasteiger partial charge in [-0.25, -0.2) is 0 Å². The van der Waals surface area contributed by atoms with Crippen LogP contribution < -0.4 is 10.6 Å². The van der Waals surface area contributed by atoms with Gasteiger partial charge in [0, 0.05) is 31.9 Å². The summed E-state index contributed by atoms with van der Waals surface area (Å²) >= 11 is 0. The zero-order valence-corrected chi connectivity index (χ0v) is 13.1. The first-order valence-electron chi connectivity index (χ1n) is 8.47. The number of amides is 1. The SMILES string of the molecule is O=C(NC1CCN(Cc2ccccn2)CC1)[C@H]1CCCCN1. The maximum Gasteiger partial charge on any atom is 0.237 e. The van der Waals surface area contributed by atoms with E-state index in [-0.39, 0.29) is 11.9 Å². The molecule has 1 aromatic rings. The zero-order valence-electron chi connectivity index (χ0n) is 13.1. The van der Waals surface area contributed by atoms with Crippen molar-refractivity contribution in [2.24, 2.45) is 0 Å². The molecule has 3 heterocycles. The van der Waals surface area contributed by atoms with Gasteiger partial charge in [0.2, 0.25) is 5.91 Å². The third-order valence-electron chi connectivity index (χ3n) is 4.67. The Morgan fingerprint density at radius 2 is 2.14 bits per heavy atom. The molecule has 5 heteroatoms. The van der Waals surface area contributed by atoms with Gasteiger partial charge in [0.05, 0.1) is 11.7 Å². The molecule has 1 aromatic heterocycles. The van der Waals surface area contributed by atoms with E-state index in [4.69, 9.17) is 0 Å². The molecule has 0 saturated carbocycles. The molecule has 0 bridgehead atoms. The Balaban J connectivity index is 1.40. The van der Waals surface area contributed by atoms with E-state index < -0.39 is 0 Å². The fourth-order valence-electron chi connectivity index (χ4n) is 3.33. The number of likely N-dealkylation sites (tertiary alicyclic amines) is 1. The number of hydrogen-bond acceptors (Lipinski definition) is 4. The van der Waals surface area contributed by atoms with Crippen LogP contribution >= 0.6 is 0 Å². The third-order valence-corrected chi connectivity index (χ3v) is 4.67. The molecule has 0 aromatic carbocycles. The predicted molar refractivity (Wildman–Crippen MR) is 86.3 cm³/mol. The van der Waals surface area contributed by atoms with Crippen LogP contribution in [-0.4, -0.2) is 47.5 Å². The standard InChI is InChI=1S/C17H26N4O/c22-17(16-6-2-4-10-19-16)20-14-7-11-21(12-8-14)13-15-5-1-3-9-18-15/h1,3,5,9,14,16,19H,2,4,6-8,10-13H2,(H,20,22)/t16-/m1/s1. The Hall–Kier alpha value is -1.46. The van der Waals surface area contributed by atoms with Gasteiger partial charge in [-0.1, -0.05) is 12.5 Å². The van der Waals surface area contributed by atoms with Crippen LogP contribution in [0, 0.1) is 0 Å². The van der Waals surface area contributed by atoms with Crippen LogP contribution in [0.1, 0.15) is 37.8 Å². The molecule has 0 spiro atoms. The summed E-state index contributed by atoms with van der Waals surface area (Å²) in [6.07, 6.45) is 7.24. The van der Waals surface area contributed by atoms with Crippen LogP contribution in [-0.2, 0) is 11.3 Å². The second-order valence-electron chi connectivity index (χ2n) is 6.38. The van der Waals surface area contributed by atoms with E-state index in [9.17, 15) is 4.79 Å². The molecule has 2 N–H and O–H groups in total. The third kappa shape index (κ3) is 4.27. The first-order valence-corrected chi connectivity index (χ1v) is 8.47. The molecule has 0 unspecified atom stereocenters. The molecule has 1 atom stereocenters. The zero-order chi connectivity index (χ0) is 15.2. The summed E-state index contributed by atoms with van der Waals surface area (Å²) in [5.41, 5.74) is 1.12. The summed E-state index contributed by atoms with van der Waals surface area (Å²) in [4.78, 5) is 19.0. The maximum absolute atomic E-state index is 12.2. The largest absolute Gasteiger partial charge is 0.352 e. The van der Waals surface area contributed by atoms with Crippen molar-refractivity contribution in [3.05, 3.63) is 30.1 Å². The highest BCUT2D eigenvalue weighted by molar-refractivity contribution is 5.82. The van der Waals surface area contributed by atoms with E-state index in [0.717, 1.165) is 57.6 Å². The van der Waals surface area contributed by atoms with Crippen molar-refractivity contribution in [3.63, 3.8) is 0 Å². The number of pyridine rings is 1. The second kappa shape index (κ2) is 7.70. The van der Waals surface area contributed by atoms with Gasteiger partial charge in [0.1, 0.15) is 0 Å². The molecule has 120 valence electrons. The van der Waals surface area contributed by atoms with Crippen LogP contribution in [0.3, 0.4) is 0 Å². The lowest BCUT2D eigenvalue weighted by molar-refractivity contribution is -0.124. The smallest absolute Gasteiger partial charge is 0.237 e. The van der Waals surface area contributed by atoms with Gasteiger partial charge in [-0.3, -0.25) is 14.7 Å². The average molecular weight is 302 g/mol. The van der Waals surface area contributed by atoms with Crippen molar-refractivity contribution in [3.8, 4) is 0 Å². The van der Waals surface area contributed by atoms with E-state index in [0.29, 0.717) is 6.04 Å². The minimum atomic E-state index is 0.0281. The number of nitrogens with zero attached hydrogens (tertiary/aromatic N) is 2. The molecule has 2 fully saturated rings. The van der Waals surface area contributed by atoms with Gasteiger partial charge < -0.3 is 10.6 Å². The lowest BCUT2D eigenvalue weighted by atomic mass is 10.0. The van der Waals surface area contributed by atoms with Crippen molar-refractivity contribution < 1.29 is 4.79 Å². The quantitative estimate of drug-likeness (QED) is 0.880. The summed E-state index contributed by atoms with van der Waals surface area (Å²) in [5.74, 6) is 0.197. The normalized spacial score (nSPS) is 24.1. The number of hydrogen-bond donors (Lipinski definition) is 2. The van der Waals surface area contributed by atoms with Crippen molar-refractivity contribution in [1.82, 2.24) is 20.5 Å². The highest BCUT2D eigenvalue weighted by Crippen LogP contribution is 2.14. The fraction of sp³-hybridized carbons (Fsp3) is 0.647. The van der Waals surface area contributed by atoms with E-state index in [1.165, 1.54) is 6.42 Å². The highest BCUT2D eigenvalue weighted by Gasteiger charge is 2.25. The predicted octanol–water partition coefficient (Wildman–Crippen LogP) is 1.30. The molecule has 2 aliphatic rings. The van der Waals surface area contributed by atoms with Gasteiger partial charge in [-0.15, -0.1) is 0 Å². The van der Waals surface area contributed by atoms with Crippen molar-refractivity contribution in [1.29, 1.82) is 0 Å². The van der Waals surface area contributed by atoms with Gasteiger partial charge in [-0.2, -0.15) is 0 Å². The van der Waals surface area contributed by atoms with Gasteiger partial charge in [0.25, 0.3) is 0 Å². The lowest BCUT2D eigenvalue weighted by Gasteiger charge is -2.33. The summed E-state index contributed by atoms with van der Waals surface area (Å²) in [6.45, 7) is 3.94. The van der Waals surface area contributed by atoms with Crippen LogP contribution in [0.15, 0.2) is 24.4 Å². The minimum Gasteiger partial charge on any atom is -0.352 e. The van der Waals surface area contributed by atoms with E-state index >= 15 is 0 Å². The Morgan fingerprint density at radius 3 is 2.82 bits per heavy atom.